The van der Waals surface area contributed by atoms with Gasteiger partial charge in [-0.05, 0) is 26.3 Å². The third-order valence-corrected chi connectivity index (χ3v) is 3.90. The molecular weight excluding hydrogens is 297 g/mol. The third kappa shape index (κ3) is 3.76. The Bertz CT molecular complexity index is 519. The molecule has 2 atom stereocenters. The number of nitrogen functional groups attached to an aromatic ring is 1. The Morgan fingerprint density at radius 1 is 1.27 bits per heavy atom. The maximum atomic E-state index is 12.9. The number of likely N-dealkylation sites (tertiary alicyclic amines) is 1. The van der Waals surface area contributed by atoms with E-state index in [-0.39, 0.29) is 25.0 Å². The van der Waals surface area contributed by atoms with Crippen molar-refractivity contribution in [3.8, 4) is 0 Å². The molecule has 0 bridgehead atoms. The summed E-state index contributed by atoms with van der Waals surface area (Å²) in [5.41, 5.74) is 5.67. The lowest BCUT2D eigenvalue weighted by Crippen LogP contribution is -2.43. The van der Waals surface area contributed by atoms with Crippen LogP contribution in [0.25, 0.3) is 0 Å². The maximum Gasteiger partial charge on any atom is 0.393 e. The van der Waals surface area contributed by atoms with Crippen molar-refractivity contribution >= 4 is 11.9 Å². The maximum absolute atomic E-state index is 12.9. The fourth-order valence-electron chi connectivity index (χ4n) is 2.57. The van der Waals surface area contributed by atoms with E-state index >= 15 is 0 Å². The van der Waals surface area contributed by atoms with Gasteiger partial charge in [0, 0.05) is 20.6 Å². The molecule has 1 aromatic heterocycles. The minimum Gasteiger partial charge on any atom is -0.368 e. The molecule has 0 aromatic carbocycles. The summed E-state index contributed by atoms with van der Waals surface area (Å²) in [6, 6.07) is -0.339. The monoisotopic (exact) mass is 318 g/mol. The lowest BCUT2D eigenvalue weighted by Gasteiger charge is -2.36. The number of rotatable bonds is 3. The van der Waals surface area contributed by atoms with Crippen molar-refractivity contribution in [2.24, 2.45) is 5.92 Å². The number of piperidine rings is 1. The van der Waals surface area contributed by atoms with Crippen LogP contribution in [0.4, 0.5) is 25.1 Å². The van der Waals surface area contributed by atoms with Crippen LogP contribution in [0, 0.1) is 5.92 Å². The van der Waals surface area contributed by atoms with E-state index in [4.69, 9.17) is 5.73 Å². The fourth-order valence-corrected chi connectivity index (χ4v) is 2.57. The van der Waals surface area contributed by atoms with E-state index < -0.39 is 12.1 Å². The molecule has 2 N–H and O–H groups in total. The van der Waals surface area contributed by atoms with E-state index in [1.165, 1.54) is 0 Å². The van der Waals surface area contributed by atoms with Crippen LogP contribution in [0.5, 0.6) is 0 Å². The molecule has 1 aliphatic heterocycles. The van der Waals surface area contributed by atoms with Gasteiger partial charge in [-0.3, -0.25) is 4.90 Å². The normalized spacial score (nSPS) is 21.6. The van der Waals surface area contributed by atoms with Gasteiger partial charge < -0.3 is 10.6 Å². The van der Waals surface area contributed by atoms with E-state index in [9.17, 15) is 13.2 Å². The zero-order valence-electron chi connectivity index (χ0n) is 12.9. The molecular formula is C13H21F3N6. The average Bonchev–Trinajstić information content (AvgIpc) is 2.45. The molecule has 0 amide bonds. The van der Waals surface area contributed by atoms with Crippen molar-refractivity contribution in [2.75, 3.05) is 37.8 Å². The van der Waals surface area contributed by atoms with Crippen molar-refractivity contribution in [2.45, 2.75) is 32.0 Å². The lowest BCUT2D eigenvalue weighted by atomic mass is 9.96. The molecule has 9 heteroatoms. The van der Waals surface area contributed by atoms with Crippen molar-refractivity contribution in [3.05, 3.63) is 5.82 Å². The van der Waals surface area contributed by atoms with E-state index in [0.29, 0.717) is 24.7 Å². The first kappa shape index (κ1) is 16.7. The highest BCUT2D eigenvalue weighted by atomic mass is 19.4. The summed E-state index contributed by atoms with van der Waals surface area (Å²) >= 11 is 0. The van der Waals surface area contributed by atoms with Crippen molar-refractivity contribution in [1.29, 1.82) is 0 Å². The Morgan fingerprint density at radius 2 is 1.95 bits per heavy atom. The lowest BCUT2D eigenvalue weighted by molar-refractivity contribution is -0.188. The molecule has 124 valence electrons. The summed E-state index contributed by atoms with van der Waals surface area (Å²) in [5.74, 6) is -0.418. The molecule has 1 fully saturated rings. The topological polar surface area (TPSA) is 71.2 Å². The van der Waals surface area contributed by atoms with Gasteiger partial charge in [0.15, 0.2) is 5.82 Å². The van der Waals surface area contributed by atoms with Crippen LogP contribution in [0.3, 0.4) is 0 Å². The molecule has 1 saturated heterocycles. The number of nitrogens with two attached hydrogens (primary N) is 1. The molecule has 0 aliphatic carbocycles. The Morgan fingerprint density at radius 3 is 2.55 bits per heavy atom. The summed E-state index contributed by atoms with van der Waals surface area (Å²) in [5, 5.41) is 0. The molecule has 1 aromatic rings. The molecule has 2 rings (SSSR count). The van der Waals surface area contributed by atoms with Gasteiger partial charge in [-0.2, -0.15) is 28.1 Å². The van der Waals surface area contributed by atoms with Crippen LogP contribution in [0.2, 0.25) is 0 Å². The summed E-state index contributed by atoms with van der Waals surface area (Å²) in [7, 11) is 3.54. The van der Waals surface area contributed by atoms with Crippen LogP contribution >= 0.6 is 0 Å². The summed E-state index contributed by atoms with van der Waals surface area (Å²) < 4.78 is 38.8. The van der Waals surface area contributed by atoms with Crippen LogP contribution in [-0.2, 0) is 0 Å². The zero-order valence-corrected chi connectivity index (χ0v) is 12.9. The number of anilines is 2. The SMILES string of the molecule is C[C@@H](c1nc(N)nc(N(C)C)n1)N1CCC[C@H](C(F)(F)F)C1. The second kappa shape index (κ2) is 6.23. The molecule has 0 saturated carbocycles. The van der Waals surface area contributed by atoms with Gasteiger partial charge >= 0.3 is 6.18 Å². The average molecular weight is 318 g/mol. The van der Waals surface area contributed by atoms with Crippen LogP contribution < -0.4 is 10.6 Å². The van der Waals surface area contributed by atoms with Gasteiger partial charge in [-0.25, -0.2) is 0 Å². The predicted molar refractivity (Wildman–Crippen MR) is 77.3 cm³/mol. The van der Waals surface area contributed by atoms with E-state index in [0.717, 1.165) is 0 Å². The van der Waals surface area contributed by atoms with Crippen molar-refractivity contribution in [3.63, 3.8) is 0 Å². The fraction of sp³-hybridized carbons (Fsp3) is 0.769. The molecule has 0 spiro atoms. The van der Waals surface area contributed by atoms with Crippen molar-refractivity contribution in [1.82, 2.24) is 19.9 Å². The quantitative estimate of drug-likeness (QED) is 0.917. The number of aromatic nitrogens is 3. The Labute approximate surface area is 127 Å². The first-order valence-electron chi connectivity index (χ1n) is 7.18. The molecule has 6 nitrogen and oxygen atoms in total. The number of hydrogen-bond acceptors (Lipinski definition) is 6. The first-order chi connectivity index (χ1) is 10.2. The van der Waals surface area contributed by atoms with Gasteiger partial charge in [0.05, 0.1) is 12.0 Å². The molecule has 0 unspecified atom stereocenters. The summed E-state index contributed by atoms with van der Waals surface area (Å²) in [6.45, 7) is 2.36. The number of hydrogen-bond donors (Lipinski definition) is 1. The smallest absolute Gasteiger partial charge is 0.368 e. The van der Waals surface area contributed by atoms with Gasteiger partial charge in [-0.1, -0.05) is 0 Å². The van der Waals surface area contributed by atoms with Crippen LogP contribution in [0.1, 0.15) is 31.6 Å². The summed E-state index contributed by atoms with van der Waals surface area (Å²) in [6.07, 6.45) is -3.48. The highest BCUT2D eigenvalue weighted by Crippen LogP contribution is 2.35. The number of halogens is 3. The van der Waals surface area contributed by atoms with Crippen LogP contribution in [0.15, 0.2) is 0 Å². The Hall–Kier alpha value is -1.64. The largest absolute Gasteiger partial charge is 0.393 e. The Balaban J connectivity index is 2.19. The molecule has 0 radical (unpaired) electrons. The van der Waals surface area contributed by atoms with E-state index in [2.05, 4.69) is 15.0 Å². The first-order valence-corrected chi connectivity index (χ1v) is 7.18. The second-order valence-corrected chi connectivity index (χ2v) is 5.80. The van der Waals surface area contributed by atoms with Gasteiger partial charge in [0.25, 0.3) is 0 Å². The number of alkyl halides is 3. The minimum atomic E-state index is -4.16. The second-order valence-electron chi connectivity index (χ2n) is 5.80. The Kier molecular flexibility index (Phi) is 4.74. The zero-order chi connectivity index (χ0) is 16.5. The van der Waals surface area contributed by atoms with Crippen LogP contribution in [-0.4, -0.2) is 53.2 Å². The van der Waals surface area contributed by atoms with Gasteiger partial charge in [0.2, 0.25) is 11.9 Å². The predicted octanol–water partition coefficient (Wildman–Crippen LogP) is 1.86. The summed E-state index contributed by atoms with van der Waals surface area (Å²) in [4.78, 5) is 15.8. The molecule has 22 heavy (non-hydrogen) atoms. The molecule has 2 heterocycles. The van der Waals surface area contributed by atoms with Gasteiger partial charge in [-0.15, -0.1) is 0 Å². The van der Waals surface area contributed by atoms with E-state index in [1.54, 1.807) is 30.8 Å². The number of nitrogens with zero attached hydrogens (tertiary/aromatic N) is 5. The highest BCUT2D eigenvalue weighted by Gasteiger charge is 2.42. The van der Waals surface area contributed by atoms with E-state index in [1.807, 2.05) is 0 Å². The standard InChI is InChI=1S/C13H21F3N6/c1-8(10-18-11(17)20-12(19-10)21(2)3)22-6-4-5-9(7-22)13(14,15)16/h8-9H,4-7H2,1-3H3,(H2,17,18,19,20)/t8-,9-/m0/s1. The minimum absolute atomic E-state index is 0.0342. The van der Waals surface area contributed by atoms with Gasteiger partial charge in [0.1, 0.15) is 0 Å². The molecule has 1 aliphatic rings. The van der Waals surface area contributed by atoms with Crippen molar-refractivity contribution < 1.29 is 13.2 Å². The third-order valence-electron chi connectivity index (χ3n) is 3.90. The highest BCUT2D eigenvalue weighted by molar-refractivity contribution is 5.33.